The Morgan fingerprint density at radius 1 is 1.24 bits per heavy atom. The van der Waals surface area contributed by atoms with E-state index in [2.05, 4.69) is 4.99 Å². The van der Waals surface area contributed by atoms with Gasteiger partial charge in [0, 0.05) is 24.9 Å². The van der Waals surface area contributed by atoms with Gasteiger partial charge in [0.2, 0.25) is 0 Å². The van der Waals surface area contributed by atoms with Crippen LogP contribution in [0.2, 0.25) is 5.02 Å². The second-order valence-corrected chi connectivity index (χ2v) is 8.56. The average molecular weight is 379 g/mol. The van der Waals surface area contributed by atoms with Gasteiger partial charge in [0.05, 0.1) is 16.9 Å². The number of aryl methyl sites for hydroxylation is 1. The maximum absolute atomic E-state index is 12.2. The van der Waals surface area contributed by atoms with Crippen molar-refractivity contribution < 1.29 is 8.42 Å². The standard InChI is InChI=1S/C19H23ClN2O2S/c1-5-22(3)13-21-18-9-14(2)16(12-19(18)25(4,23)24)10-15-7-6-8-17(20)11-15/h6-9,11-13H,5,10H2,1-4H3. The summed E-state index contributed by atoms with van der Waals surface area (Å²) >= 11 is 6.04. The first-order valence-electron chi connectivity index (χ1n) is 8.03. The molecule has 134 valence electrons. The predicted molar refractivity (Wildman–Crippen MR) is 105 cm³/mol. The Balaban J connectivity index is 2.48. The highest BCUT2D eigenvalue weighted by Crippen LogP contribution is 2.29. The van der Waals surface area contributed by atoms with Crippen LogP contribution >= 0.6 is 11.6 Å². The van der Waals surface area contributed by atoms with Gasteiger partial charge >= 0.3 is 0 Å². The van der Waals surface area contributed by atoms with E-state index in [0.29, 0.717) is 17.1 Å². The zero-order chi connectivity index (χ0) is 18.6. The zero-order valence-electron chi connectivity index (χ0n) is 15.0. The Morgan fingerprint density at radius 2 is 1.96 bits per heavy atom. The van der Waals surface area contributed by atoms with Gasteiger partial charge in [-0.15, -0.1) is 0 Å². The third-order valence-corrected chi connectivity index (χ3v) is 5.35. The average Bonchev–Trinajstić information content (AvgIpc) is 2.53. The minimum Gasteiger partial charge on any atom is -0.366 e. The number of benzene rings is 2. The van der Waals surface area contributed by atoms with E-state index in [0.717, 1.165) is 23.2 Å². The molecule has 0 atom stereocenters. The first-order valence-corrected chi connectivity index (χ1v) is 10.3. The lowest BCUT2D eigenvalue weighted by molar-refractivity contribution is 0.552. The number of hydrogen-bond acceptors (Lipinski definition) is 3. The molecule has 0 saturated heterocycles. The molecule has 0 aliphatic rings. The normalized spacial score (nSPS) is 11.9. The van der Waals surface area contributed by atoms with Crippen molar-refractivity contribution in [2.75, 3.05) is 19.8 Å². The van der Waals surface area contributed by atoms with Crippen LogP contribution in [-0.2, 0) is 16.3 Å². The number of hydrogen-bond donors (Lipinski definition) is 0. The first kappa shape index (κ1) is 19.5. The van der Waals surface area contributed by atoms with Crippen molar-refractivity contribution in [3.8, 4) is 0 Å². The fourth-order valence-electron chi connectivity index (χ4n) is 2.41. The molecular weight excluding hydrogens is 356 g/mol. The van der Waals surface area contributed by atoms with Crippen molar-refractivity contribution in [1.29, 1.82) is 0 Å². The molecule has 2 aromatic rings. The van der Waals surface area contributed by atoms with Crippen molar-refractivity contribution in [2.24, 2.45) is 4.99 Å². The minimum absolute atomic E-state index is 0.246. The van der Waals surface area contributed by atoms with E-state index in [1.54, 1.807) is 12.4 Å². The Hall–Kier alpha value is -1.85. The summed E-state index contributed by atoms with van der Waals surface area (Å²) < 4.78 is 24.5. The zero-order valence-corrected chi connectivity index (χ0v) is 16.5. The summed E-state index contributed by atoms with van der Waals surface area (Å²) in [4.78, 5) is 6.50. The van der Waals surface area contributed by atoms with Gasteiger partial charge in [0.15, 0.2) is 9.84 Å². The monoisotopic (exact) mass is 378 g/mol. The lowest BCUT2D eigenvalue weighted by Gasteiger charge is -2.13. The van der Waals surface area contributed by atoms with E-state index in [9.17, 15) is 8.42 Å². The van der Waals surface area contributed by atoms with E-state index < -0.39 is 9.84 Å². The summed E-state index contributed by atoms with van der Waals surface area (Å²) in [7, 11) is -1.49. The molecule has 0 heterocycles. The summed E-state index contributed by atoms with van der Waals surface area (Å²) in [6.07, 6.45) is 3.48. The number of sulfone groups is 1. The minimum atomic E-state index is -3.39. The lowest BCUT2D eigenvalue weighted by atomic mass is 10.00. The molecule has 0 bridgehead atoms. The number of nitrogens with zero attached hydrogens (tertiary/aromatic N) is 2. The summed E-state index contributed by atoms with van der Waals surface area (Å²) in [6, 6.07) is 11.1. The number of aliphatic imine (C=N–C) groups is 1. The van der Waals surface area contributed by atoms with Crippen molar-refractivity contribution in [2.45, 2.75) is 25.2 Å². The molecule has 0 aromatic heterocycles. The Labute approximate surface area is 155 Å². The van der Waals surface area contributed by atoms with Gasteiger partial charge in [-0.05, 0) is 61.2 Å². The highest BCUT2D eigenvalue weighted by molar-refractivity contribution is 7.90. The van der Waals surface area contributed by atoms with Crippen LogP contribution in [0.15, 0.2) is 46.3 Å². The first-order chi connectivity index (χ1) is 11.7. The van der Waals surface area contributed by atoms with Crippen LogP contribution in [0.25, 0.3) is 0 Å². The largest absolute Gasteiger partial charge is 0.366 e. The Kier molecular flexibility index (Phi) is 6.25. The molecular formula is C19H23ClN2O2S. The quantitative estimate of drug-likeness (QED) is 0.557. The molecule has 6 heteroatoms. The van der Waals surface area contributed by atoms with Crippen LogP contribution in [0.1, 0.15) is 23.6 Å². The van der Waals surface area contributed by atoms with Gasteiger partial charge in [0.25, 0.3) is 0 Å². The SMILES string of the molecule is CCN(C)C=Nc1cc(C)c(Cc2cccc(Cl)c2)cc1S(C)(=O)=O. The van der Waals surface area contributed by atoms with Crippen molar-refractivity contribution in [1.82, 2.24) is 4.90 Å². The molecule has 4 nitrogen and oxygen atoms in total. The molecule has 0 aliphatic heterocycles. The summed E-state index contributed by atoms with van der Waals surface area (Å²) in [6.45, 7) is 4.76. The van der Waals surface area contributed by atoms with Crippen LogP contribution in [-0.4, -0.2) is 39.5 Å². The molecule has 0 amide bonds. The van der Waals surface area contributed by atoms with Gasteiger partial charge < -0.3 is 4.90 Å². The maximum Gasteiger partial charge on any atom is 0.177 e. The van der Waals surface area contributed by atoms with Gasteiger partial charge in [-0.3, -0.25) is 0 Å². The fraction of sp³-hybridized carbons (Fsp3) is 0.316. The van der Waals surface area contributed by atoms with Crippen molar-refractivity contribution >= 4 is 33.5 Å². The van der Waals surface area contributed by atoms with E-state index in [1.165, 1.54) is 6.26 Å². The Bertz CT molecular complexity index is 892. The molecule has 0 radical (unpaired) electrons. The number of halogens is 1. The smallest absolute Gasteiger partial charge is 0.177 e. The Morgan fingerprint density at radius 3 is 2.56 bits per heavy atom. The topological polar surface area (TPSA) is 49.7 Å². The summed E-state index contributed by atoms with van der Waals surface area (Å²) in [5.74, 6) is 0. The van der Waals surface area contributed by atoms with Crippen LogP contribution in [0.4, 0.5) is 5.69 Å². The van der Waals surface area contributed by atoms with E-state index in [-0.39, 0.29) is 4.90 Å². The van der Waals surface area contributed by atoms with Gasteiger partial charge in [-0.25, -0.2) is 13.4 Å². The van der Waals surface area contributed by atoms with Crippen LogP contribution in [0.3, 0.4) is 0 Å². The lowest BCUT2D eigenvalue weighted by Crippen LogP contribution is -2.14. The highest BCUT2D eigenvalue weighted by Gasteiger charge is 2.16. The third kappa shape index (κ3) is 5.31. The summed E-state index contributed by atoms with van der Waals surface area (Å²) in [5.41, 5.74) is 3.45. The van der Waals surface area contributed by atoms with E-state index in [4.69, 9.17) is 11.6 Å². The van der Waals surface area contributed by atoms with Crippen LogP contribution in [0, 0.1) is 6.92 Å². The molecule has 0 saturated carbocycles. The molecule has 0 spiro atoms. The molecule has 0 unspecified atom stereocenters. The molecule has 2 aromatic carbocycles. The van der Waals surface area contributed by atoms with E-state index in [1.807, 2.05) is 56.1 Å². The number of rotatable bonds is 6. The third-order valence-electron chi connectivity index (χ3n) is 3.99. The van der Waals surface area contributed by atoms with Crippen LogP contribution in [0.5, 0.6) is 0 Å². The van der Waals surface area contributed by atoms with Crippen molar-refractivity contribution in [3.63, 3.8) is 0 Å². The molecule has 0 N–H and O–H groups in total. The second-order valence-electron chi connectivity index (χ2n) is 6.14. The molecule has 2 rings (SSSR count). The van der Waals surface area contributed by atoms with E-state index >= 15 is 0 Å². The molecule has 0 fully saturated rings. The predicted octanol–water partition coefficient (Wildman–Crippen LogP) is 4.25. The highest BCUT2D eigenvalue weighted by atomic mass is 35.5. The summed E-state index contributed by atoms with van der Waals surface area (Å²) in [5, 5.41) is 0.669. The molecule has 25 heavy (non-hydrogen) atoms. The molecule has 0 aliphatic carbocycles. The van der Waals surface area contributed by atoms with Crippen molar-refractivity contribution in [3.05, 3.63) is 58.1 Å². The van der Waals surface area contributed by atoms with Gasteiger partial charge in [-0.2, -0.15) is 0 Å². The van der Waals surface area contributed by atoms with Gasteiger partial charge in [0.1, 0.15) is 0 Å². The maximum atomic E-state index is 12.2. The van der Waals surface area contributed by atoms with Crippen LogP contribution < -0.4 is 0 Å². The fourth-order valence-corrected chi connectivity index (χ4v) is 3.47. The second kappa shape index (κ2) is 8.02. The van der Waals surface area contributed by atoms with Gasteiger partial charge in [-0.1, -0.05) is 23.7 Å².